The summed E-state index contributed by atoms with van der Waals surface area (Å²) < 4.78 is 21.5. The second-order valence-electron chi connectivity index (χ2n) is 6.41. The highest BCUT2D eigenvalue weighted by atomic mass is 35.5. The Balaban J connectivity index is 1.57. The predicted molar refractivity (Wildman–Crippen MR) is 113 cm³/mol. The molecule has 2 aromatic rings. The number of ether oxygens (including phenoxy) is 4. The van der Waals surface area contributed by atoms with Crippen LogP contribution in [0.5, 0.6) is 23.0 Å². The van der Waals surface area contributed by atoms with E-state index >= 15 is 0 Å². The summed E-state index contributed by atoms with van der Waals surface area (Å²) in [6.45, 7) is 2.51. The summed E-state index contributed by atoms with van der Waals surface area (Å²) in [7, 11) is 1.56. The lowest BCUT2D eigenvalue weighted by Gasteiger charge is -2.14. The Labute approximate surface area is 182 Å². The fraction of sp³-hybridized carbons (Fsp3) is 0.238. The summed E-state index contributed by atoms with van der Waals surface area (Å²) in [6.07, 6.45) is 1.66. The van der Waals surface area contributed by atoms with Crippen molar-refractivity contribution in [2.75, 3.05) is 20.5 Å². The van der Waals surface area contributed by atoms with Crippen LogP contribution in [0.15, 0.2) is 35.2 Å². The van der Waals surface area contributed by atoms with Gasteiger partial charge in [-0.25, -0.2) is 0 Å². The molecular formula is C21H18ClNO6S. The normalized spacial score (nSPS) is 16.5. The highest BCUT2D eigenvalue weighted by Gasteiger charge is 2.35. The predicted octanol–water partition coefficient (Wildman–Crippen LogP) is 4.71. The maximum Gasteiger partial charge on any atom is 0.293 e. The zero-order valence-electron chi connectivity index (χ0n) is 16.3. The molecule has 0 radical (unpaired) electrons. The van der Waals surface area contributed by atoms with Crippen molar-refractivity contribution in [1.29, 1.82) is 0 Å². The molecule has 0 spiro atoms. The number of fused-ring (bicyclic) bond motifs is 1. The standard InChI is InChI=1S/C21H18ClNO6S/c1-3-27-16-6-12(4-5-15(16)26-2)7-19-20(24)23(21(25)30-19)10-13-8-17-18(9-14(13)22)29-11-28-17/h4-9H,3,10-11H2,1-2H3/b19-7-. The summed E-state index contributed by atoms with van der Waals surface area (Å²) in [4.78, 5) is 26.8. The van der Waals surface area contributed by atoms with E-state index in [1.54, 1.807) is 43.5 Å². The summed E-state index contributed by atoms with van der Waals surface area (Å²) in [5.74, 6) is 1.87. The minimum Gasteiger partial charge on any atom is -0.493 e. The van der Waals surface area contributed by atoms with Crippen molar-refractivity contribution < 1.29 is 28.5 Å². The van der Waals surface area contributed by atoms with E-state index in [0.29, 0.717) is 45.1 Å². The first kappa shape index (κ1) is 20.4. The fourth-order valence-corrected chi connectivity index (χ4v) is 4.14. The van der Waals surface area contributed by atoms with Gasteiger partial charge in [0.05, 0.1) is 25.2 Å². The number of benzene rings is 2. The van der Waals surface area contributed by atoms with E-state index in [1.807, 2.05) is 6.92 Å². The zero-order valence-corrected chi connectivity index (χ0v) is 17.8. The number of carbonyl (C=O) groups is 2. The maximum atomic E-state index is 12.9. The van der Waals surface area contributed by atoms with Crippen molar-refractivity contribution in [2.24, 2.45) is 0 Å². The number of imide groups is 1. The Morgan fingerprint density at radius 1 is 1.17 bits per heavy atom. The molecule has 2 aromatic carbocycles. The first-order valence-electron chi connectivity index (χ1n) is 9.14. The maximum absolute atomic E-state index is 12.9. The quantitative estimate of drug-likeness (QED) is 0.593. The van der Waals surface area contributed by atoms with E-state index < -0.39 is 0 Å². The van der Waals surface area contributed by atoms with E-state index in [9.17, 15) is 9.59 Å². The second-order valence-corrected chi connectivity index (χ2v) is 7.81. The van der Waals surface area contributed by atoms with Crippen molar-refractivity contribution in [3.63, 3.8) is 0 Å². The van der Waals surface area contributed by atoms with Gasteiger partial charge in [0.25, 0.3) is 11.1 Å². The third-order valence-corrected chi connectivity index (χ3v) is 5.79. The molecule has 0 atom stereocenters. The number of hydrogen-bond acceptors (Lipinski definition) is 7. The number of amides is 2. The smallest absolute Gasteiger partial charge is 0.293 e. The summed E-state index contributed by atoms with van der Waals surface area (Å²) in [5.41, 5.74) is 1.33. The summed E-state index contributed by atoms with van der Waals surface area (Å²) in [6, 6.07) is 8.64. The third-order valence-electron chi connectivity index (χ3n) is 4.53. The molecular weight excluding hydrogens is 430 g/mol. The molecule has 0 saturated carbocycles. The molecule has 156 valence electrons. The van der Waals surface area contributed by atoms with Gasteiger partial charge in [-0.2, -0.15) is 0 Å². The van der Waals surface area contributed by atoms with Gasteiger partial charge in [0.1, 0.15) is 0 Å². The van der Waals surface area contributed by atoms with Gasteiger partial charge < -0.3 is 18.9 Å². The molecule has 9 heteroatoms. The minimum absolute atomic E-state index is 0.0459. The molecule has 0 aromatic heterocycles. The number of halogens is 1. The van der Waals surface area contributed by atoms with Crippen LogP contribution < -0.4 is 18.9 Å². The Morgan fingerprint density at radius 3 is 2.67 bits per heavy atom. The highest BCUT2D eigenvalue weighted by molar-refractivity contribution is 8.18. The van der Waals surface area contributed by atoms with E-state index in [4.69, 9.17) is 30.5 Å². The van der Waals surface area contributed by atoms with Gasteiger partial charge in [0.15, 0.2) is 23.0 Å². The van der Waals surface area contributed by atoms with Gasteiger partial charge >= 0.3 is 0 Å². The lowest BCUT2D eigenvalue weighted by molar-refractivity contribution is -0.123. The Hall–Kier alpha value is -2.84. The number of thioether (sulfide) groups is 1. The largest absolute Gasteiger partial charge is 0.493 e. The van der Waals surface area contributed by atoms with Crippen molar-refractivity contribution >= 4 is 40.6 Å². The minimum atomic E-state index is -0.382. The first-order chi connectivity index (χ1) is 14.5. The van der Waals surface area contributed by atoms with Crippen LogP contribution in [0.2, 0.25) is 5.02 Å². The number of nitrogens with zero attached hydrogens (tertiary/aromatic N) is 1. The fourth-order valence-electron chi connectivity index (χ4n) is 3.09. The van der Waals surface area contributed by atoms with Gasteiger partial charge in [-0.05, 0) is 54.1 Å². The van der Waals surface area contributed by atoms with Gasteiger partial charge in [0.2, 0.25) is 6.79 Å². The van der Waals surface area contributed by atoms with E-state index in [2.05, 4.69) is 0 Å². The molecule has 2 heterocycles. The topological polar surface area (TPSA) is 74.3 Å². The molecule has 0 aliphatic carbocycles. The molecule has 0 unspecified atom stereocenters. The third kappa shape index (κ3) is 3.93. The van der Waals surface area contributed by atoms with Gasteiger partial charge in [0, 0.05) is 11.1 Å². The van der Waals surface area contributed by atoms with E-state index in [1.165, 1.54) is 0 Å². The molecule has 2 amide bonds. The lowest BCUT2D eigenvalue weighted by atomic mass is 10.1. The van der Waals surface area contributed by atoms with Crippen molar-refractivity contribution in [3.8, 4) is 23.0 Å². The van der Waals surface area contributed by atoms with Crippen LogP contribution in [0.1, 0.15) is 18.1 Å². The van der Waals surface area contributed by atoms with Crippen molar-refractivity contribution in [3.05, 3.63) is 51.4 Å². The van der Waals surface area contributed by atoms with Gasteiger partial charge in [-0.3, -0.25) is 14.5 Å². The molecule has 7 nitrogen and oxygen atoms in total. The van der Waals surface area contributed by atoms with Gasteiger partial charge in [-0.15, -0.1) is 0 Å². The van der Waals surface area contributed by atoms with Crippen molar-refractivity contribution in [1.82, 2.24) is 4.90 Å². The molecule has 0 bridgehead atoms. The van der Waals surface area contributed by atoms with E-state index in [0.717, 1.165) is 22.2 Å². The molecule has 1 fully saturated rings. The zero-order chi connectivity index (χ0) is 21.3. The molecule has 2 aliphatic rings. The lowest BCUT2D eigenvalue weighted by Crippen LogP contribution is -2.27. The number of rotatable bonds is 6. The van der Waals surface area contributed by atoms with Gasteiger partial charge in [-0.1, -0.05) is 17.7 Å². The molecule has 2 aliphatic heterocycles. The molecule has 0 N–H and O–H groups in total. The molecule has 1 saturated heterocycles. The molecule has 4 rings (SSSR count). The monoisotopic (exact) mass is 447 g/mol. The summed E-state index contributed by atoms with van der Waals surface area (Å²) in [5, 5.41) is 0.0392. The highest BCUT2D eigenvalue weighted by Crippen LogP contribution is 2.39. The van der Waals surface area contributed by atoms with Crippen LogP contribution in [-0.4, -0.2) is 36.6 Å². The Morgan fingerprint density at radius 2 is 1.93 bits per heavy atom. The van der Waals surface area contributed by atoms with Crippen molar-refractivity contribution in [2.45, 2.75) is 13.5 Å². The Kier molecular flexibility index (Phi) is 5.78. The van der Waals surface area contributed by atoms with Crippen LogP contribution >= 0.6 is 23.4 Å². The van der Waals surface area contributed by atoms with Crippen LogP contribution in [0.25, 0.3) is 6.08 Å². The van der Waals surface area contributed by atoms with Crippen LogP contribution in [0.3, 0.4) is 0 Å². The second kappa shape index (κ2) is 8.49. The van der Waals surface area contributed by atoms with Crippen LogP contribution in [0.4, 0.5) is 4.79 Å². The van der Waals surface area contributed by atoms with Crippen LogP contribution in [-0.2, 0) is 11.3 Å². The van der Waals surface area contributed by atoms with Crippen LogP contribution in [0, 0.1) is 0 Å². The summed E-state index contributed by atoms with van der Waals surface area (Å²) >= 11 is 7.18. The Bertz CT molecular complexity index is 1050. The average Bonchev–Trinajstić information content (AvgIpc) is 3.28. The SMILES string of the molecule is CCOc1cc(/C=C2\SC(=O)N(Cc3cc4c(cc3Cl)OCO4)C2=O)ccc1OC. The molecule has 30 heavy (non-hydrogen) atoms. The average molecular weight is 448 g/mol. The number of methoxy groups -OCH3 is 1. The van der Waals surface area contributed by atoms with E-state index in [-0.39, 0.29) is 24.5 Å². The first-order valence-corrected chi connectivity index (χ1v) is 10.3. The number of hydrogen-bond donors (Lipinski definition) is 0. The number of carbonyl (C=O) groups excluding carboxylic acids is 2.